The fraction of sp³-hybridized carbons (Fsp3) is 0.571. The van der Waals surface area contributed by atoms with Gasteiger partial charge in [-0.2, -0.15) is 17.4 Å². The molecule has 2 N–H and O–H groups in total. The second-order valence-electron chi connectivity index (χ2n) is 5.16. The quantitative estimate of drug-likeness (QED) is 0.815. The zero-order valence-corrected chi connectivity index (χ0v) is 13.6. The summed E-state index contributed by atoms with van der Waals surface area (Å²) < 4.78 is 28.7. The number of hydrogen-bond donors (Lipinski definition) is 2. The first kappa shape index (κ1) is 16.5. The fourth-order valence-corrected chi connectivity index (χ4v) is 4.54. The van der Waals surface area contributed by atoms with Crippen molar-refractivity contribution in [3.05, 3.63) is 21.9 Å². The number of hydrogen-bond acceptors (Lipinski definition) is 4. The maximum absolute atomic E-state index is 12.2. The van der Waals surface area contributed by atoms with Crippen molar-refractivity contribution in [3.8, 4) is 11.8 Å². The van der Waals surface area contributed by atoms with Gasteiger partial charge in [-0.25, -0.2) is 0 Å². The van der Waals surface area contributed by atoms with Crippen molar-refractivity contribution in [1.82, 2.24) is 9.03 Å². The van der Waals surface area contributed by atoms with Gasteiger partial charge in [0.1, 0.15) is 6.61 Å². The summed E-state index contributed by atoms with van der Waals surface area (Å²) in [5.41, 5.74) is 0. The predicted octanol–water partition coefficient (Wildman–Crippen LogP) is 1.16. The summed E-state index contributed by atoms with van der Waals surface area (Å²) in [7, 11) is -3.41. The van der Waals surface area contributed by atoms with Gasteiger partial charge in [0.15, 0.2) is 0 Å². The van der Waals surface area contributed by atoms with Crippen LogP contribution in [0, 0.1) is 17.8 Å². The van der Waals surface area contributed by atoms with Gasteiger partial charge in [0.2, 0.25) is 0 Å². The minimum absolute atomic E-state index is 0.174. The third-order valence-corrected chi connectivity index (χ3v) is 5.86. The molecule has 0 bridgehead atoms. The summed E-state index contributed by atoms with van der Waals surface area (Å²) in [6, 6.07) is 3.69. The standard InChI is InChI=1S/C14H20N2O3S2/c1-12-4-2-8-16(11-12)21(18,19)15-10-14-7-6-13(20-14)5-3-9-17/h6-7,12,15,17H,2,4,8-11H2,1H3. The van der Waals surface area contributed by atoms with E-state index in [1.54, 1.807) is 0 Å². The van der Waals surface area contributed by atoms with E-state index in [0.29, 0.717) is 19.0 Å². The van der Waals surface area contributed by atoms with Crippen molar-refractivity contribution in [2.24, 2.45) is 5.92 Å². The van der Waals surface area contributed by atoms with E-state index in [2.05, 4.69) is 23.5 Å². The first-order valence-electron chi connectivity index (χ1n) is 6.94. The topological polar surface area (TPSA) is 69.6 Å². The van der Waals surface area contributed by atoms with Gasteiger partial charge in [-0.1, -0.05) is 18.8 Å². The summed E-state index contributed by atoms with van der Waals surface area (Å²) in [4.78, 5) is 1.73. The van der Waals surface area contributed by atoms with Gasteiger partial charge in [-0.15, -0.1) is 11.3 Å². The van der Waals surface area contributed by atoms with Crippen LogP contribution in [0.1, 0.15) is 29.5 Å². The van der Waals surface area contributed by atoms with E-state index < -0.39 is 10.2 Å². The molecule has 1 aliphatic rings. The van der Waals surface area contributed by atoms with E-state index >= 15 is 0 Å². The van der Waals surface area contributed by atoms with Gasteiger partial charge in [0.05, 0.1) is 4.88 Å². The maximum atomic E-state index is 12.2. The Morgan fingerprint density at radius 2 is 2.33 bits per heavy atom. The van der Waals surface area contributed by atoms with E-state index in [-0.39, 0.29) is 13.2 Å². The Labute approximate surface area is 130 Å². The first-order valence-corrected chi connectivity index (χ1v) is 9.20. The molecule has 1 aliphatic heterocycles. The Balaban J connectivity index is 1.93. The third kappa shape index (κ3) is 4.80. The Morgan fingerprint density at radius 1 is 1.52 bits per heavy atom. The highest BCUT2D eigenvalue weighted by molar-refractivity contribution is 7.87. The minimum atomic E-state index is -3.41. The molecule has 5 nitrogen and oxygen atoms in total. The van der Waals surface area contributed by atoms with Gasteiger partial charge in [-0.05, 0) is 30.9 Å². The van der Waals surface area contributed by atoms with Gasteiger partial charge in [0, 0.05) is 24.5 Å². The average Bonchev–Trinajstić information content (AvgIpc) is 2.91. The molecule has 1 aromatic heterocycles. The summed E-state index contributed by atoms with van der Waals surface area (Å²) >= 11 is 1.43. The van der Waals surface area contributed by atoms with E-state index in [1.807, 2.05) is 12.1 Å². The molecule has 1 unspecified atom stereocenters. The van der Waals surface area contributed by atoms with Crippen LogP contribution >= 0.6 is 11.3 Å². The summed E-state index contributed by atoms with van der Waals surface area (Å²) in [5, 5.41) is 8.64. The van der Waals surface area contributed by atoms with Crippen molar-refractivity contribution in [2.45, 2.75) is 26.3 Å². The van der Waals surface area contributed by atoms with Crippen molar-refractivity contribution in [2.75, 3.05) is 19.7 Å². The summed E-state index contributed by atoms with van der Waals surface area (Å²) in [5.74, 6) is 5.80. The smallest absolute Gasteiger partial charge is 0.279 e. The second-order valence-corrected chi connectivity index (χ2v) is 8.08. The van der Waals surface area contributed by atoms with Crippen molar-refractivity contribution in [3.63, 3.8) is 0 Å². The first-order chi connectivity index (χ1) is 10.0. The monoisotopic (exact) mass is 328 g/mol. The van der Waals surface area contributed by atoms with Crippen molar-refractivity contribution in [1.29, 1.82) is 0 Å². The molecule has 21 heavy (non-hydrogen) atoms. The summed E-state index contributed by atoms with van der Waals surface area (Å²) in [6.07, 6.45) is 2.01. The number of nitrogens with one attached hydrogen (secondary N) is 1. The minimum Gasteiger partial charge on any atom is -0.384 e. The number of nitrogens with zero attached hydrogens (tertiary/aromatic N) is 1. The molecule has 0 saturated carbocycles. The lowest BCUT2D eigenvalue weighted by molar-refractivity contribution is 0.278. The van der Waals surface area contributed by atoms with Crippen LogP contribution in [0.5, 0.6) is 0 Å². The molecular weight excluding hydrogens is 308 g/mol. The second kappa shape index (κ2) is 7.38. The molecule has 1 saturated heterocycles. The number of piperidine rings is 1. The molecule has 0 aromatic carbocycles. The SMILES string of the molecule is CC1CCCN(S(=O)(=O)NCc2ccc(C#CCO)s2)C1. The van der Waals surface area contributed by atoms with Crippen molar-refractivity contribution < 1.29 is 13.5 Å². The lowest BCUT2D eigenvalue weighted by Gasteiger charge is -2.29. The molecule has 0 spiro atoms. The van der Waals surface area contributed by atoms with E-state index in [1.165, 1.54) is 15.6 Å². The zero-order chi connectivity index (χ0) is 15.3. The molecule has 2 rings (SSSR count). The molecule has 116 valence electrons. The van der Waals surface area contributed by atoms with Crippen LogP contribution in [0.25, 0.3) is 0 Å². The van der Waals surface area contributed by atoms with Crippen molar-refractivity contribution >= 4 is 21.5 Å². The normalized spacial score (nSPS) is 20.0. The number of thiophene rings is 1. The lowest BCUT2D eigenvalue weighted by Crippen LogP contribution is -2.45. The molecule has 1 atom stereocenters. The number of aliphatic hydroxyl groups excluding tert-OH is 1. The van der Waals surface area contributed by atoms with Crippen LogP contribution in [-0.2, 0) is 16.8 Å². The Hall–Kier alpha value is -0.910. The predicted molar refractivity (Wildman–Crippen MR) is 84.0 cm³/mol. The summed E-state index contributed by atoms with van der Waals surface area (Å²) in [6.45, 7) is 3.36. The Kier molecular flexibility index (Phi) is 5.79. The molecule has 1 aromatic rings. The molecule has 2 heterocycles. The van der Waals surface area contributed by atoms with Crippen LogP contribution in [0.15, 0.2) is 12.1 Å². The Bertz CT molecular complexity index is 628. The largest absolute Gasteiger partial charge is 0.384 e. The maximum Gasteiger partial charge on any atom is 0.279 e. The van der Waals surface area contributed by atoms with Crippen LogP contribution in [0.4, 0.5) is 0 Å². The number of aliphatic hydroxyl groups is 1. The lowest BCUT2D eigenvalue weighted by atomic mass is 10.0. The van der Waals surface area contributed by atoms with Gasteiger partial charge in [-0.3, -0.25) is 0 Å². The van der Waals surface area contributed by atoms with E-state index in [4.69, 9.17) is 5.11 Å². The molecule has 1 fully saturated rings. The molecule has 7 heteroatoms. The van der Waals surface area contributed by atoms with Gasteiger partial charge < -0.3 is 5.11 Å². The van der Waals surface area contributed by atoms with Gasteiger partial charge in [0.25, 0.3) is 10.2 Å². The van der Waals surface area contributed by atoms with Crippen LogP contribution < -0.4 is 4.72 Å². The highest BCUT2D eigenvalue weighted by Gasteiger charge is 2.26. The van der Waals surface area contributed by atoms with Crippen LogP contribution in [0.3, 0.4) is 0 Å². The highest BCUT2D eigenvalue weighted by Crippen LogP contribution is 2.19. The van der Waals surface area contributed by atoms with Crippen LogP contribution in [0.2, 0.25) is 0 Å². The molecule has 0 aliphatic carbocycles. The molecular formula is C14H20N2O3S2. The van der Waals surface area contributed by atoms with Gasteiger partial charge >= 0.3 is 0 Å². The number of rotatable bonds is 4. The van der Waals surface area contributed by atoms with E-state index in [0.717, 1.165) is 22.6 Å². The fourth-order valence-electron chi connectivity index (χ4n) is 2.28. The molecule has 0 amide bonds. The highest BCUT2D eigenvalue weighted by atomic mass is 32.2. The Morgan fingerprint density at radius 3 is 3.05 bits per heavy atom. The average molecular weight is 328 g/mol. The molecule has 0 radical (unpaired) electrons. The van der Waals surface area contributed by atoms with Crippen LogP contribution in [-0.4, -0.2) is 37.5 Å². The third-order valence-electron chi connectivity index (χ3n) is 3.34. The zero-order valence-electron chi connectivity index (χ0n) is 12.0. The van der Waals surface area contributed by atoms with E-state index in [9.17, 15) is 8.42 Å².